The summed E-state index contributed by atoms with van der Waals surface area (Å²) in [7, 11) is 0. The number of rotatable bonds is 5. The smallest absolute Gasteiger partial charge is 0.223 e. The van der Waals surface area contributed by atoms with Gasteiger partial charge in [-0.05, 0) is 42.3 Å². The highest BCUT2D eigenvalue weighted by Gasteiger charge is 2.24. The third kappa shape index (κ3) is 4.31. The van der Waals surface area contributed by atoms with E-state index in [0.717, 1.165) is 66.7 Å². The molecule has 6 heteroatoms. The Morgan fingerprint density at radius 3 is 2.45 bits per heavy atom. The van der Waals surface area contributed by atoms with Crippen molar-refractivity contribution in [2.24, 2.45) is 0 Å². The van der Waals surface area contributed by atoms with Crippen LogP contribution >= 0.6 is 11.6 Å². The Morgan fingerprint density at radius 2 is 1.72 bits per heavy atom. The van der Waals surface area contributed by atoms with Crippen molar-refractivity contribution >= 4 is 34.7 Å². The number of carbonyl (C=O) groups excluding carboxylic acids is 2. The van der Waals surface area contributed by atoms with Gasteiger partial charge in [0.2, 0.25) is 5.91 Å². The number of piperazine rings is 1. The molecule has 0 radical (unpaired) electrons. The van der Waals surface area contributed by atoms with Crippen LogP contribution in [0, 0.1) is 0 Å². The third-order valence-corrected chi connectivity index (χ3v) is 6.22. The first-order chi connectivity index (χ1) is 14.0. The van der Waals surface area contributed by atoms with E-state index in [-0.39, 0.29) is 11.7 Å². The zero-order chi connectivity index (χ0) is 20.4. The number of halogens is 1. The molecule has 2 aromatic carbocycles. The van der Waals surface area contributed by atoms with Crippen LogP contribution < -0.4 is 9.80 Å². The van der Waals surface area contributed by atoms with Crippen molar-refractivity contribution in [2.45, 2.75) is 19.8 Å². The largest absolute Gasteiger partial charge is 0.368 e. The molecule has 0 N–H and O–H groups in total. The van der Waals surface area contributed by atoms with Crippen LogP contribution in [-0.2, 0) is 11.2 Å². The number of carbonyl (C=O) groups is 2. The van der Waals surface area contributed by atoms with Crippen LogP contribution in [0.1, 0.15) is 29.3 Å². The van der Waals surface area contributed by atoms with E-state index >= 15 is 0 Å². The van der Waals surface area contributed by atoms with E-state index in [9.17, 15) is 9.59 Å². The van der Waals surface area contributed by atoms with Crippen LogP contribution in [-0.4, -0.2) is 55.9 Å². The highest BCUT2D eigenvalue weighted by atomic mass is 35.5. The molecular weight excluding hydrogens is 386 g/mol. The molecule has 2 aromatic rings. The number of ketones is 1. The second-order valence-electron chi connectivity index (χ2n) is 7.72. The van der Waals surface area contributed by atoms with Crippen LogP contribution in [0.4, 0.5) is 11.4 Å². The van der Waals surface area contributed by atoms with Gasteiger partial charge < -0.3 is 9.80 Å². The van der Waals surface area contributed by atoms with E-state index in [4.69, 9.17) is 11.6 Å². The molecule has 0 spiro atoms. The van der Waals surface area contributed by atoms with Crippen LogP contribution in [0.25, 0.3) is 0 Å². The zero-order valence-electron chi connectivity index (χ0n) is 16.7. The van der Waals surface area contributed by atoms with E-state index in [0.29, 0.717) is 13.0 Å². The summed E-state index contributed by atoms with van der Waals surface area (Å²) >= 11 is 6.31. The number of benzene rings is 2. The summed E-state index contributed by atoms with van der Waals surface area (Å²) in [6, 6.07) is 13.7. The number of nitrogens with zero attached hydrogens (tertiary/aromatic N) is 3. The Labute approximate surface area is 176 Å². The van der Waals surface area contributed by atoms with Gasteiger partial charge in [0.05, 0.1) is 10.7 Å². The van der Waals surface area contributed by atoms with Gasteiger partial charge in [-0.15, -0.1) is 0 Å². The first-order valence-electron chi connectivity index (χ1n) is 10.2. The van der Waals surface area contributed by atoms with Gasteiger partial charge in [0.15, 0.2) is 5.78 Å². The van der Waals surface area contributed by atoms with Gasteiger partial charge >= 0.3 is 0 Å². The van der Waals surface area contributed by atoms with Gasteiger partial charge in [0.1, 0.15) is 0 Å². The minimum Gasteiger partial charge on any atom is -0.368 e. The molecule has 0 unspecified atom stereocenters. The molecule has 2 aliphatic rings. The van der Waals surface area contributed by atoms with Gasteiger partial charge in [0, 0.05) is 63.9 Å². The number of hydrogen-bond donors (Lipinski definition) is 0. The molecule has 4 rings (SSSR count). The second-order valence-corrected chi connectivity index (χ2v) is 8.12. The summed E-state index contributed by atoms with van der Waals surface area (Å²) in [6.45, 7) is 6.74. The van der Waals surface area contributed by atoms with Crippen molar-refractivity contribution in [3.63, 3.8) is 0 Å². The average Bonchev–Trinajstić information content (AvgIpc) is 3.16. The fourth-order valence-corrected chi connectivity index (χ4v) is 4.48. The summed E-state index contributed by atoms with van der Waals surface area (Å²) in [6.07, 6.45) is 1.33. The molecule has 29 heavy (non-hydrogen) atoms. The fourth-order valence-electron chi connectivity index (χ4n) is 4.23. The predicted octanol–water partition coefficient (Wildman–Crippen LogP) is 3.64. The van der Waals surface area contributed by atoms with Crippen LogP contribution in [0.15, 0.2) is 42.5 Å². The predicted molar refractivity (Wildman–Crippen MR) is 117 cm³/mol. The molecule has 2 aliphatic heterocycles. The lowest BCUT2D eigenvalue weighted by molar-refractivity contribution is -0.116. The maximum atomic E-state index is 12.7. The molecular formula is C23H26ClN3O2. The lowest BCUT2D eigenvalue weighted by Crippen LogP contribution is -2.47. The Balaban J connectivity index is 1.30. The zero-order valence-corrected chi connectivity index (χ0v) is 17.5. The number of amides is 1. The number of fused-ring (bicyclic) bond motifs is 1. The molecule has 1 saturated heterocycles. The summed E-state index contributed by atoms with van der Waals surface area (Å²) in [5.41, 5.74) is 3.88. The minimum absolute atomic E-state index is 0.0544. The van der Waals surface area contributed by atoms with Crippen molar-refractivity contribution in [3.05, 3.63) is 58.6 Å². The van der Waals surface area contributed by atoms with Crippen LogP contribution in [0.3, 0.4) is 0 Å². The summed E-state index contributed by atoms with van der Waals surface area (Å²) in [4.78, 5) is 30.8. The van der Waals surface area contributed by atoms with Crippen LogP contribution in [0.5, 0.6) is 0 Å². The maximum Gasteiger partial charge on any atom is 0.223 e. The molecule has 0 saturated carbocycles. The summed E-state index contributed by atoms with van der Waals surface area (Å²) in [5, 5.41) is 0.788. The van der Waals surface area contributed by atoms with Crippen molar-refractivity contribution in [1.29, 1.82) is 0 Å². The van der Waals surface area contributed by atoms with Crippen molar-refractivity contribution in [1.82, 2.24) is 4.90 Å². The number of para-hydroxylation sites is 1. The highest BCUT2D eigenvalue weighted by Crippen LogP contribution is 2.29. The standard InChI is InChI=1S/C23H26ClN3O2/c1-17(28)27-11-8-18-16-19(6-7-21(18)27)23(29)9-10-25-12-14-26(15-13-25)22-5-3-2-4-20(22)24/h2-7,16H,8-15H2,1H3. The quantitative estimate of drug-likeness (QED) is 0.704. The van der Waals surface area contributed by atoms with Gasteiger partial charge in [0.25, 0.3) is 0 Å². The fraction of sp³-hybridized carbons (Fsp3) is 0.391. The van der Waals surface area contributed by atoms with Gasteiger partial charge in [-0.1, -0.05) is 23.7 Å². The number of hydrogen-bond acceptors (Lipinski definition) is 4. The minimum atomic E-state index is 0.0544. The van der Waals surface area contributed by atoms with Crippen molar-refractivity contribution in [2.75, 3.05) is 49.1 Å². The lowest BCUT2D eigenvalue weighted by Gasteiger charge is -2.36. The van der Waals surface area contributed by atoms with Crippen LogP contribution in [0.2, 0.25) is 5.02 Å². The van der Waals surface area contributed by atoms with Gasteiger partial charge in [-0.3, -0.25) is 14.5 Å². The third-order valence-electron chi connectivity index (χ3n) is 5.90. The molecule has 0 aromatic heterocycles. The molecule has 0 atom stereocenters. The Hall–Kier alpha value is -2.37. The Bertz CT molecular complexity index is 922. The van der Waals surface area contributed by atoms with Gasteiger partial charge in [-0.25, -0.2) is 0 Å². The van der Waals surface area contributed by atoms with E-state index in [2.05, 4.69) is 15.9 Å². The molecule has 2 heterocycles. The monoisotopic (exact) mass is 411 g/mol. The molecule has 1 fully saturated rings. The summed E-state index contributed by atoms with van der Waals surface area (Å²) < 4.78 is 0. The molecule has 152 valence electrons. The van der Waals surface area contributed by atoms with Gasteiger partial charge in [-0.2, -0.15) is 0 Å². The van der Waals surface area contributed by atoms with E-state index in [1.165, 1.54) is 0 Å². The SMILES string of the molecule is CC(=O)N1CCc2cc(C(=O)CCN3CCN(c4ccccc4Cl)CC3)ccc21. The molecule has 1 amide bonds. The van der Waals surface area contributed by atoms with E-state index in [1.807, 2.05) is 36.4 Å². The molecule has 0 aliphatic carbocycles. The lowest BCUT2D eigenvalue weighted by atomic mass is 10.0. The first-order valence-corrected chi connectivity index (χ1v) is 10.6. The highest BCUT2D eigenvalue weighted by molar-refractivity contribution is 6.33. The average molecular weight is 412 g/mol. The maximum absolute atomic E-state index is 12.7. The van der Waals surface area contributed by atoms with Crippen molar-refractivity contribution in [3.8, 4) is 0 Å². The van der Waals surface area contributed by atoms with Crippen molar-refractivity contribution < 1.29 is 9.59 Å². The van der Waals surface area contributed by atoms with E-state index < -0.39 is 0 Å². The number of Topliss-reactive ketones (excluding diaryl/α,β-unsaturated/α-hetero) is 1. The Kier molecular flexibility index (Phi) is 5.88. The molecule has 5 nitrogen and oxygen atoms in total. The first kappa shape index (κ1) is 19.9. The summed E-state index contributed by atoms with van der Waals surface area (Å²) in [5.74, 6) is 0.223. The topological polar surface area (TPSA) is 43.9 Å². The number of anilines is 2. The van der Waals surface area contributed by atoms with E-state index in [1.54, 1.807) is 11.8 Å². The second kappa shape index (κ2) is 8.56. The Morgan fingerprint density at radius 1 is 0.966 bits per heavy atom. The normalized spacial score (nSPS) is 16.8. The molecule has 0 bridgehead atoms.